The van der Waals surface area contributed by atoms with E-state index in [1.807, 2.05) is 37.3 Å². The topological polar surface area (TPSA) is 55.2 Å². The summed E-state index contributed by atoms with van der Waals surface area (Å²) in [4.78, 5) is 8.19. The molecule has 1 N–H and O–H groups in total. The van der Waals surface area contributed by atoms with Gasteiger partial charge in [-0.2, -0.15) is 0 Å². The van der Waals surface area contributed by atoms with Crippen LogP contribution < -0.4 is 4.74 Å². The van der Waals surface area contributed by atoms with E-state index in [4.69, 9.17) is 9.84 Å². The van der Waals surface area contributed by atoms with Crippen molar-refractivity contribution in [3.8, 4) is 11.6 Å². The van der Waals surface area contributed by atoms with E-state index in [0.717, 1.165) is 23.4 Å². The molecule has 0 atom stereocenters. The summed E-state index contributed by atoms with van der Waals surface area (Å²) in [5, 5.41) is 8.83. The van der Waals surface area contributed by atoms with Gasteiger partial charge in [0.05, 0.1) is 0 Å². The van der Waals surface area contributed by atoms with Crippen molar-refractivity contribution in [3.63, 3.8) is 0 Å². The molecular formula is C14H16N2O2. The Bertz CT molecular complexity index is 497. The lowest BCUT2D eigenvalue weighted by molar-refractivity contribution is 0.299. The zero-order valence-electron chi connectivity index (χ0n) is 10.3. The van der Waals surface area contributed by atoms with Crippen LogP contribution in [0.25, 0.3) is 0 Å². The molecule has 2 aromatic rings. The van der Waals surface area contributed by atoms with E-state index in [0.29, 0.717) is 12.3 Å². The van der Waals surface area contributed by atoms with Crippen molar-refractivity contribution < 1.29 is 9.84 Å². The molecule has 0 amide bonds. The lowest BCUT2D eigenvalue weighted by Crippen LogP contribution is -1.94. The van der Waals surface area contributed by atoms with E-state index in [1.54, 1.807) is 0 Å². The highest BCUT2D eigenvalue weighted by atomic mass is 16.5. The van der Waals surface area contributed by atoms with Gasteiger partial charge in [0.25, 0.3) is 0 Å². The first-order valence-corrected chi connectivity index (χ1v) is 6.00. The van der Waals surface area contributed by atoms with Crippen LogP contribution in [0.5, 0.6) is 11.6 Å². The van der Waals surface area contributed by atoms with Gasteiger partial charge in [0.15, 0.2) is 0 Å². The van der Waals surface area contributed by atoms with Gasteiger partial charge >= 0.3 is 0 Å². The molecule has 0 radical (unpaired) electrons. The maximum atomic E-state index is 8.83. The summed E-state index contributed by atoms with van der Waals surface area (Å²) >= 11 is 0. The van der Waals surface area contributed by atoms with Crippen LogP contribution in [0.1, 0.15) is 18.2 Å². The van der Waals surface area contributed by atoms with Crippen LogP contribution >= 0.6 is 0 Å². The summed E-state index contributed by atoms with van der Waals surface area (Å²) in [6, 6.07) is 9.46. The molecule has 1 aromatic heterocycles. The Hall–Kier alpha value is -1.94. The zero-order valence-corrected chi connectivity index (χ0v) is 10.3. The molecule has 0 aliphatic rings. The number of nitrogens with zero attached hydrogens (tertiary/aromatic N) is 2. The average molecular weight is 244 g/mol. The Kier molecular flexibility index (Phi) is 4.25. The highest BCUT2D eigenvalue weighted by molar-refractivity contribution is 5.30. The fourth-order valence-electron chi connectivity index (χ4n) is 1.60. The summed E-state index contributed by atoms with van der Waals surface area (Å²) in [5.41, 5.74) is 2.04. The monoisotopic (exact) mass is 244 g/mol. The molecule has 0 saturated heterocycles. The molecule has 0 bridgehead atoms. The third kappa shape index (κ3) is 3.28. The minimum Gasteiger partial charge on any atom is -0.439 e. The minimum absolute atomic E-state index is 0.159. The fraction of sp³-hybridized carbons (Fsp3) is 0.286. The molecule has 94 valence electrons. The number of rotatable bonds is 5. The maximum absolute atomic E-state index is 8.83. The van der Waals surface area contributed by atoms with Gasteiger partial charge in [0.1, 0.15) is 12.1 Å². The van der Waals surface area contributed by atoms with Crippen molar-refractivity contribution >= 4 is 0 Å². The molecule has 0 aliphatic heterocycles. The third-order valence-corrected chi connectivity index (χ3v) is 2.61. The number of aliphatic hydroxyl groups excluding tert-OH is 1. The molecular weight excluding hydrogens is 228 g/mol. The largest absolute Gasteiger partial charge is 0.439 e. The van der Waals surface area contributed by atoms with Crippen molar-refractivity contribution in [1.29, 1.82) is 0 Å². The van der Waals surface area contributed by atoms with Gasteiger partial charge in [-0.1, -0.05) is 19.1 Å². The Balaban J connectivity index is 2.08. The first-order valence-electron chi connectivity index (χ1n) is 6.00. The fourth-order valence-corrected chi connectivity index (χ4v) is 1.60. The number of ether oxygens (including phenoxy) is 1. The van der Waals surface area contributed by atoms with Crippen molar-refractivity contribution in [2.45, 2.75) is 19.8 Å². The van der Waals surface area contributed by atoms with Gasteiger partial charge in [-0.25, -0.2) is 9.97 Å². The molecule has 0 aliphatic carbocycles. The normalized spacial score (nSPS) is 10.3. The highest BCUT2D eigenvalue weighted by Crippen LogP contribution is 2.20. The first kappa shape index (κ1) is 12.5. The standard InChI is InChI=1S/C14H16N2O2/c1-2-12-9-14(16-10-15-12)18-13-5-3-11(4-6-13)7-8-17/h3-6,9-10,17H,2,7-8H2,1H3. The summed E-state index contributed by atoms with van der Waals surface area (Å²) < 4.78 is 5.64. The van der Waals surface area contributed by atoms with Crippen molar-refractivity contribution in [1.82, 2.24) is 9.97 Å². The van der Waals surface area contributed by atoms with E-state index in [2.05, 4.69) is 9.97 Å². The molecule has 0 unspecified atom stereocenters. The van der Waals surface area contributed by atoms with Crippen LogP contribution in [0.4, 0.5) is 0 Å². The van der Waals surface area contributed by atoms with Crippen molar-refractivity contribution in [2.75, 3.05) is 6.61 Å². The molecule has 1 aromatic carbocycles. The molecule has 2 rings (SSSR count). The van der Waals surface area contributed by atoms with Crippen molar-refractivity contribution in [2.24, 2.45) is 0 Å². The number of hydrogen-bond acceptors (Lipinski definition) is 4. The number of hydrogen-bond donors (Lipinski definition) is 1. The van der Waals surface area contributed by atoms with E-state index in [1.165, 1.54) is 6.33 Å². The summed E-state index contributed by atoms with van der Waals surface area (Å²) in [6.45, 7) is 2.20. The van der Waals surface area contributed by atoms with Gasteiger partial charge in [0.2, 0.25) is 5.88 Å². The first-order chi connectivity index (χ1) is 8.81. The second-order valence-electron chi connectivity index (χ2n) is 3.92. The average Bonchev–Trinajstić information content (AvgIpc) is 2.42. The number of benzene rings is 1. The molecule has 0 fully saturated rings. The molecule has 4 heteroatoms. The van der Waals surface area contributed by atoms with E-state index in [-0.39, 0.29) is 6.61 Å². The summed E-state index contributed by atoms with van der Waals surface area (Å²) in [5.74, 6) is 1.29. The van der Waals surface area contributed by atoms with Crippen molar-refractivity contribution in [3.05, 3.63) is 47.9 Å². The summed E-state index contributed by atoms with van der Waals surface area (Å²) in [6.07, 6.45) is 3.02. The Morgan fingerprint density at radius 3 is 2.61 bits per heavy atom. The molecule has 18 heavy (non-hydrogen) atoms. The van der Waals surface area contributed by atoms with Crippen LogP contribution in [-0.4, -0.2) is 21.7 Å². The predicted molar refractivity (Wildman–Crippen MR) is 68.7 cm³/mol. The highest BCUT2D eigenvalue weighted by Gasteiger charge is 2.01. The smallest absolute Gasteiger partial charge is 0.222 e. The zero-order chi connectivity index (χ0) is 12.8. The van der Waals surface area contributed by atoms with E-state index < -0.39 is 0 Å². The van der Waals surface area contributed by atoms with Gasteiger partial charge in [-0.15, -0.1) is 0 Å². The minimum atomic E-state index is 0.159. The van der Waals surface area contributed by atoms with Gasteiger partial charge < -0.3 is 9.84 Å². The van der Waals surface area contributed by atoms with Gasteiger partial charge in [0, 0.05) is 18.4 Å². The number of aromatic nitrogens is 2. The van der Waals surface area contributed by atoms with Crippen LogP contribution in [0.3, 0.4) is 0 Å². The molecule has 0 saturated carbocycles. The third-order valence-electron chi connectivity index (χ3n) is 2.61. The number of aliphatic hydroxyl groups is 1. The maximum Gasteiger partial charge on any atom is 0.222 e. The quantitative estimate of drug-likeness (QED) is 0.877. The second kappa shape index (κ2) is 6.12. The number of aryl methyl sites for hydroxylation is 1. The lowest BCUT2D eigenvalue weighted by Gasteiger charge is -2.06. The van der Waals surface area contributed by atoms with E-state index in [9.17, 15) is 0 Å². The van der Waals surface area contributed by atoms with Gasteiger partial charge in [-0.3, -0.25) is 0 Å². The van der Waals surface area contributed by atoms with Crippen LogP contribution in [0, 0.1) is 0 Å². The summed E-state index contributed by atoms with van der Waals surface area (Å²) in [7, 11) is 0. The Morgan fingerprint density at radius 2 is 1.94 bits per heavy atom. The molecule has 4 nitrogen and oxygen atoms in total. The van der Waals surface area contributed by atoms with Crippen LogP contribution in [0.15, 0.2) is 36.7 Å². The van der Waals surface area contributed by atoms with E-state index >= 15 is 0 Å². The van der Waals surface area contributed by atoms with Crippen LogP contribution in [0.2, 0.25) is 0 Å². The van der Waals surface area contributed by atoms with Gasteiger partial charge in [-0.05, 0) is 30.5 Å². The SMILES string of the molecule is CCc1cc(Oc2ccc(CCO)cc2)ncn1. The Morgan fingerprint density at radius 1 is 1.17 bits per heavy atom. The Labute approximate surface area is 106 Å². The second-order valence-corrected chi connectivity index (χ2v) is 3.92. The molecule has 0 spiro atoms. The predicted octanol–water partition coefficient (Wildman–Crippen LogP) is 2.37. The lowest BCUT2D eigenvalue weighted by atomic mass is 10.1. The van der Waals surface area contributed by atoms with Crippen LogP contribution in [-0.2, 0) is 12.8 Å². The molecule has 1 heterocycles.